The molecule has 0 unspecified atom stereocenters. The van der Waals surface area contributed by atoms with Crippen LogP contribution in [0.25, 0.3) is 0 Å². The Kier molecular flexibility index (Phi) is 11.8. The number of amides is 2. The molecule has 0 spiro atoms. The minimum atomic E-state index is -1.22. The van der Waals surface area contributed by atoms with Gasteiger partial charge in [0.05, 0.1) is 36.6 Å². The van der Waals surface area contributed by atoms with Crippen LogP contribution < -0.4 is 30.3 Å². The first-order chi connectivity index (χ1) is 21.6. The third-order valence-corrected chi connectivity index (χ3v) is 7.18. The zero-order valence-corrected chi connectivity index (χ0v) is 26.8. The number of nitrogens with one attached hydrogen (secondary N) is 3. The molecule has 1 aliphatic rings. The normalized spacial score (nSPS) is 15.3. The van der Waals surface area contributed by atoms with Gasteiger partial charge in [-0.25, -0.2) is 9.59 Å². The van der Waals surface area contributed by atoms with E-state index in [0.29, 0.717) is 55.7 Å². The number of hydrazone groups is 1. The van der Waals surface area contributed by atoms with Gasteiger partial charge in [0.15, 0.2) is 17.7 Å². The van der Waals surface area contributed by atoms with Crippen molar-refractivity contribution in [1.29, 1.82) is 0 Å². The number of allylic oxidation sites excluding steroid dienone is 1. The second-order valence-corrected chi connectivity index (χ2v) is 10.9. The van der Waals surface area contributed by atoms with Crippen LogP contribution in [0, 0.1) is 0 Å². The highest BCUT2D eigenvalue weighted by molar-refractivity contribution is 6.36. The second kappa shape index (κ2) is 15.7. The van der Waals surface area contributed by atoms with Crippen LogP contribution in [0.4, 0.5) is 4.79 Å². The van der Waals surface area contributed by atoms with E-state index < -0.39 is 24.3 Å². The van der Waals surface area contributed by atoms with Crippen LogP contribution in [0.5, 0.6) is 17.2 Å². The van der Waals surface area contributed by atoms with Crippen molar-refractivity contribution in [2.75, 3.05) is 20.3 Å². The lowest BCUT2D eigenvalue weighted by Gasteiger charge is -2.28. The highest BCUT2D eigenvalue weighted by atomic mass is 35.5. The van der Waals surface area contributed by atoms with Crippen molar-refractivity contribution in [3.05, 3.63) is 97.6 Å². The molecule has 2 atom stereocenters. The molecule has 0 saturated carbocycles. The van der Waals surface area contributed by atoms with Crippen molar-refractivity contribution in [3.8, 4) is 17.2 Å². The quantitative estimate of drug-likeness (QED) is 0.0777. The average Bonchev–Trinajstić information content (AvgIpc) is 3.00. The van der Waals surface area contributed by atoms with Gasteiger partial charge in [-0.15, -0.1) is 0 Å². The predicted molar refractivity (Wildman–Crippen MR) is 171 cm³/mol. The van der Waals surface area contributed by atoms with E-state index in [2.05, 4.69) is 21.2 Å². The van der Waals surface area contributed by atoms with Gasteiger partial charge in [0.1, 0.15) is 19.0 Å². The molecule has 0 radical (unpaired) electrons. The van der Waals surface area contributed by atoms with Crippen molar-refractivity contribution in [2.45, 2.75) is 32.7 Å². The number of hydrogen-bond acceptors (Lipinski definition) is 9. The molecule has 3 aromatic carbocycles. The first-order valence-electron chi connectivity index (χ1n) is 13.7. The molecule has 4 rings (SSSR count). The first kappa shape index (κ1) is 33.7. The minimum Gasteiger partial charge on any atom is -0.490 e. The number of carbonyl (C=O) groups is 2. The van der Waals surface area contributed by atoms with E-state index in [0.717, 1.165) is 5.56 Å². The van der Waals surface area contributed by atoms with Crippen molar-refractivity contribution in [1.82, 2.24) is 16.1 Å². The number of rotatable bonds is 13. The standard InChI is InChI=1S/C31H31Cl3N4O7/c1-4-43-25-12-19(28-27(30(40)42-3)17(2)36-31(41)37-28)7-10-24(25)44-16-26(39)38-35-14-20-11-22(33)13-23(34)29(20)45-15-18-5-8-21(32)9-6-18/h5-14,26,28,38-39H,4,15-16H2,1-3H3,(H2,36,37,41)/b35-14+/t26-,28+/m1/s1. The summed E-state index contributed by atoms with van der Waals surface area (Å²) in [4.78, 5) is 24.6. The van der Waals surface area contributed by atoms with E-state index >= 15 is 0 Å². The Morgan fingerprint density at radius 1 is 1.04 bits per heavy atom. The smallest absolute Gasteiger partial charge is 0.337 e. The van der Waals surface area contributed by atoms with Crippen molar-refractivity contribution in [3.63, 3.8) is 0 Å². The molecule has 0 aliphatic carbocycles. The van der Waals surface area contributed by atoms with E-state index in [1.807, 2.05) is 12.1 Å². The highest BCUT2D eigenvalue weighted by Crippen LogP contribution is 2.35. The van der Waals surface area contributed by atoms with Crippen LogP contribution in [0.3, 0.4) is 0 Å². The molecule has 0 fully saturated rings. The Balaban J connectivity index is 1.42. The van der Waals surface area contributed by atoms with E-state index in [9.17, 15) is 14.7 Å². The highest BCUT2D eigenvalue weighted by Gasteiger charge is 2.32. The number of halogens is 3. The molecule has 4 N–H and O–H groups in total. The topological polar surface area (TPSA) is 140 Å². The number of esters is 1. The average molecular weight is 678 g/mol. The molecule has 0 aromatic heterocycles. The third kappa shape index (κ3) is 8.95. The summed E-state index contributed by atoms with van der Waals surface area (Å²) in [6.07, 6.45) is 0.198. The van der Waals surface area contributed by atoms with Crippen LogP contribution in [0.15, 0.2) is 71.0 Å². The summed E-state index contributed by atoms with van der Waals surface area (Å²) >= 11 is 18.5. The number of urea groups is 1. The van der Waals surface area contributed by atoms with E-state index in [1.165, 1.54) is 13.3 Å². The number of methoxy groups -OCH3 is 1. The number of aliphatic hydroxyl groups is 1. The molecule has 3 aromatic rings. The molecule has 11 nitrogen and oxygen atoms in total. The Morgan fingerprint density at radius 2 is 1.80 bits per heavy atom. The van der Waals surface area contributed by atoms with Gasteiger partial charge in [0.2, 0.25) is 0 Å². The summed E-state index contributed by atoms with van der Waals surface area (Å²) in [5.74, 6) is 0.444. The maximum Gasteiger partial charge on any atom is 0.337 e. The number of nitrogens with zero attached hydrogens (tertiary/aromatic N) is 1. The van der Waals surface area contributed by atoms with Crippen molar-refractivity contribution in [2.24, 2.45) is 5.10 Å². The predicted octanol–water partition coefficient (Wildman–Crippen LogP) is 5.75. The lowest BCUT2D eigenvalue weighted by Crippen LogP contribution is -2.45. The van der Waals surface area contributed by atoms with Crippen LogP contribution in [0.1, 0.15) is 36.6 Å². The lowest BCUT2D eigenvalue weighted by molar-refractivity contribution is -0.136. The largest absolute Gasteiger partial charge is 0.490 e. The van der Waals surface area contributed by atoms with Crippen LogP contribution in [-0.2, 0) is 16.1 Å². The van der Waals surface area contributed by atoms with Gasteiger partial charge in [-0.05, 0) is 61.4 Å². The molecule has 1 aliphatic heterocycles. The molecule has 0 saturated heterocycles. The molecule has 14 heteroatoms. The minimum absolute atomic E-state index is 0.205. The monoisotopic (exact) mass is 676 g/mol. The van der Waals surface area contributed by atoms with Crippen LogP contribution >= 0.6 is 34.8 Å². The fraction of sp³-hybridized carbons (Fsp3) is 0.258. The number of aliphatic hydroxyl groups excluding tert-OH is 1. The molecular weight excluding hydrogens is 647 g/mol. The molecule has 1 heterocycles. The SMILES string of the molecule is CCOc1cc([C@@H]2NC(=O)NC(C)=C2C(=O)OC)ccc1OC[C@@H](O)N/N=C/c1cc(Cl)cc(Cl)c1OCc1ccc(Cl)cc1. The fourth-order valence-corrected chi connectivity index (χ4v) is 5.07. The summed E-state index contributed by atoms with van der Waals surface area (Å²) in [6, 6.07) is 14.1. The Morgan fingerprint density at radius 3 is 2.51 bits per heavy atom. The lowest BCUT2D eigenvalue weighted by atomic mass is 9.95. The van der Waals surface area contributed by atoms with Gasteiger partial charge in [0, 0.05) is 21.3 Å². The van der Waals surface area contributed by atoms with Crippen molar-refractivity contribution >= 4 is 53.0 Å². The maximum atomic E-state index is 12.5. The summed E-state index contributed by atoms with van der Waals surface area (Å²) in [5, 5.41) is 21.2. The molecular formula is C31H31Cl3N4O7. The number of hydrogen-bond donors (Lipinski definition) is 4. The number of ether oxygens (including phenoxy) is 4. The van der Waals surface area contributed by atoms with E-state index in [1.54, 1.807) is 56.3 Å². The Hall–Kier alpha value is -4.16. The summed E-state index contributed by atoms with van der Waals surface area (Å²) < 4.78 is 22.4. The summed E-state index contributed by atoms with van der Waals surface area (Å²) in [5.41, 5.74) is 5.16. The molecule has 238 valence electrons. The summed E-state index contributed by atoms with van der Waals surface area (Å²) in [7, 11) is 1.27. The maximum absolute atomic E-state index is 12.5. The molecule has 2 amide bonds. The molecule has 0 bridgehead atoms. The fourth-order valence-electron chi connectivity index (χ4n) is 4.38. The number of carbonyl (C=O) groups excluding carboxylic acids is 2. The Bertz CT molecular complexity index is 1600. The van der Waals surface area contributed by atoms with Crippen LogP contribution in [-0.4, -0.2) is 49.9 Å². The zero-order valence-electron chi connectivity index (χ0n) is 24.5. The van der Waals surface area contributed by atoms with Crippen molar-refractivity contribution < 1.29 is 33.6 Å². The van der Waals surface area contributed by atoms with Crippen LogP contribution in [0.2, 0.25) is 15.1 Å². The zero-order chi connectivity index (χ0) is 32.5. The van der Waals surface area contributed by atoms with Gasteiger partial charge < -0.3 is 34.7 Å². The third-order valence-electron chi connectivity index (χ3n) is 6.43. The number of benzene rings is 3. The molecule has 45 heavy (non-hydrogen) atoms. The van der Waals surface area contributed by atoms with Gasteiger partial charge >= 0.3 is 12.0 Å². The van der Waals surface area contributed by atoms with E-state index in [-0.39, 0.29) is 18.8 Å². The summed E-state index contributed by atoms with van der Waals surface area (Å²) in [6.45, 7) is 3.75. The van der Waals surface area contributed by atoms with Gasteiger partial charge in [-0.2, -0.15) is 5.10 Å². The first-order valence-corrected chi connectivity index (χ1v) is 14.8. The van der Waals surface area contributed by atoms with Gasteiger partial charge in [-0.3, -0.25) is 5.43 Å². The second-order valence-electron chi connectivity index (χ2n) is 9.64. The van der Waals surface area contributed by atoms with Gasteiger partial charge in [0.25, 0.3) is 0 Å². The van der Waals surface area contributed by atoms with Gasteiger partial charge in [-0.1, -0.05) is 53.0 Å². The Labute approximate surface area is 275 Å². The van der Waals surface area contributed by atoms with E-state index in [4.69, 9.17) is 53.8 Å².